The maximum Gasteiger partial charge on any atom is 0.230 e. The summed E-state index contributed by atoms with van der Waals surface area (Å²) in [6, 6.07) is 6.51. The topological polar surface area (TPSA) is 92.9 Å². The van der Waals surface area contributed by atoms with E-state index in [1.165, 1.54) is 16.4 Å². The smallest absolute Gasteiger partial charge is 0.230 e. The molecule has 8 heteroatoms. The number of phenols is 1. The Labute approximate surface area is 126 Å². The first-order valence-electron chi connectivity index (χ1n) is 6.37. The van der Waals surface area contributed by atoms with Crippen LogP contribution in [0.3, 0.4) is 0 Å². The van der Waals surface area contributed by atoms with E-state index in [4.69, 9.17) is 0 Å². The lowest BCUT2D eigenvalue weighted by Crippen LogP contribution is -2.41. The van der Waals surface area contributed by atoms with Gasteiger partial charge in [0.1, 0.15) is 5.75 Å². The Bertz CT molecular complexity index is 618. The van der Waals surface area contributed by atoms with Crippen LogP contribution in [0.4, 0.5) is 0 Å². The molecule has 0 saturated heterocycles. The molecule has 0 fully saturated rings. The van der Waals surface area contributed by atoms with Gasteiger partial charge in [0.2, 0.25) is 11.1 Å². The number of thioether (sulfide) groups is 1. The first kappa shape index (κ1) is 15.3. The van der Waals surface area contributed by atoms with E-state index in [2.05, 4.69) is 20.8 Å². The molecule has 2 aromatic rings. The highest BCUT2D eigenvalue weighted by molar-refractivity contribution is 7.99. The molecule has 1 amide bonds. The number of amides is 1. The van der Waals surface area contributed by atoms with Crippen LogP contribution in [0.1, 0.15) is 20.8 Å². The van der Waals surface area contributed by atoms with E-state index in [0.29, 0.717) is 5.16 Å². The quantitative estimate of drug-likeness (QED) is 0.829. The first-order valence-corrected chi connectivity index (χ1v) is 7.35. The van der Waals surface area contributed by atoms with Gasteiger partial charge in [-0.3, -0.25) is 4.79 Å². The fourth-order valence-corrected chi connectivity index (χ4v) is 2.30. The van der Waals surface area contributed by atoms with Gasteiger partial charge in [-0.1, -0.05) is 11.8 Å². The van der Waals surface area contributed by atoms with Crippen molar-refractivity contribution in [2.24, 2.45) is 0 Å². The molecule has 112 valence electrons. The summed E-state index contributed by atoms with van der Waals surface area (Å²) >= 11 is 1.25. The van der Waals surface area contributed by atoms with Gasteiger partial charge in [0.25, 0.3) is 0 Å². The molecule has 0 spiro atoms. The SMILES string of the molecule is CC(C)(C)NC(=O)CSc1nnnn1-c1ccc(O)cc1. The summed E-state index contributed by atoms with van der Waals surface area (Å²) in [5, 5.41) is 24.1. The number of benzene rings is 1. The lowest BCUT2D eigenvalue weighted by atomic mass is 10.1. The van der Waals surface area contributed by atoms with Gasteiger partial charge >= 0.3 is 0 Å². The second kappa shape index (κ2) is 6.13. The molecule has 1 aromatic heterocycles. The van der Waals surface area contributed by atoms with E-state index in [0.717, 1.165) is 5.69 Å². The Morgan fingerprint density at radius 1 is 1.33 bits per heavy atom. The van der Waals surface area contributed by atoms with Gasteiger partial charge in [0.15, 0.2) is 0 Å². The number of hydrogen-bond donors (Lipinski definition) is 2. The van der Waals surface area contributed by atoms with Crippen LogP contribution in [0, 0.1) is 0 Å². The van der Waals surface area contributed by atoms with Crippen LogP contribution in [-0.4, -0.2) is 42.5 Å². The zero-order valence-corrected chi connectivity index (χ0v) is 12.9. The average Bonchev–Trinajstić information content (AvgIpc) is 2.83. The largest absolute Gasteiger partial charge is 0.508 e. The summed E-state index contributed by atoms with van der Waals surface area (Å²) in [6.45, 7) is 5.78. The normalized spacial score (nSPS) is 11.4. The minimum absolute atomic E-state index is 0.0762. The molecule has 2 N–H and O–H groups in total. The Hall–Kier alpha value is -2.09. The summed E-state index contributed by atoms with van der Waals surface area (Å²) < 4.78 is 1.52. The van der Waals surface area contributed by atoms with Crippen molar-refractivity contribution in [3.8, 4) is 11.4 Å². The number of hydrogen-bond acceptors (Lipinski definition) is 6. The van der Waals surface area contributed by atoms with Crippen molar-refractivity contribution in [2.75, 3.05) is 5.75 Å². The summed E-state index contributed by atoms with van der Waals surface area (Å²) in [4.78, 5) is 11.8. The molecule has 7 nitrogen and oxygen atoms in total. The van der Waals surface area contributed by atoms with Gasteiger partial charge in [-0.15, -0.1) is 5.10 Å². The third kappa shape index (κ3) is 4.45. The predicted molar refractivity (Wildman–Crippen MR) is 79.4 cm³/mol. The second-order valence-electron chi connectivity index (χ2n) is 5.48. The maximum absolute atomic E-state index is 11.8. The Kier molecular flexibility index (Phi) is 4.46. The van der Waals surface area contributed by atoms with Gasteiger partial charge in [0.05, 0.1) is 11.4 Å². The fourth-order valence-electron chi connectivity index (χ4n) is 1.61. The number of tetrazole rings is 1. The van der Waals surface area contributed by atoms with Crippen molar-refractivity contribution in [1.29, 1.82) is 0 Å². The lowest BCUT2D eigenvalue weighted by molar-refractivity contribution is -0.119. The van der Waals surface area contributed by atoms with Gasteiger partial charge in [0, 0.05) is 5.54 Å². The lowest BCUT2D eigenvalue weighted by Gasteiger charge is -2.20. The van der Waals surface area contributed by atoms with E-state index in [9.17, 15) is 9.90 Å². The Morgan fingerprint density at radius 3 is 2.62 bits per heavy atom. The maximum atomic E-state index is 11.8. The highest BCUT2D eigenvalue weighted by atomic mass is 32.2. The highest BCUT2D eigenvalue weighted by Gasteiger charge is 2.16. The number of aromatic hydroxyl groups is 1. The highest BCUT2D eigenvalue weighted by Crippen LogP contribution is 2.19. The number of rotatable bonds is 4. The number of carbonyl (C=O) groups is 1. The van der Waals surface area contributed by atoms with Crippen LogP contribution in [0.15, 0.2) is 29.4 Å². The van der Waals surface area contributed by atoms with E-state index < -0.39 is 0 Å². The monoisotopic (exact) mass is 307 g/mol. The molecular formula is C13H17N5O2S. The van der Waals surface area contributed by atoms with Crippen LogP contribution in [-0.2, 0) is 4.79 Å². The van der Waals surface area contributed by atoms with Gasteiger partial charge in [-0.25, -0.2) is 0 Å². The molecule has 0 aliphatic rings. The minimum atomic E-state index is -0.263. The van der Waals surface area contributed by atoms with Gasteiger partial charge in [-0.2, -0.15) is 4.68 Å². The van der Waals surface area contributed by atoms with Crippen molar-refractivity contribution >= 4 is 17.7 Å². The van der Waals surface area contributed by atoms with Crippen molar-refractivity contribution in [3.05, 3.63) is 24.3 Å². The molecule has 0 atom stereocenters. The third-order valence-corrected chi connectivity index (χ3v) is 3.30. The molecule has 0 bridgehead atoms. The molecule has 0 aliphatic heterocycles. The second-order valence-corrected chi connectivity index (χ2v) is 6.42. The van der Waals surface area contributed by atoms with Gasteiger partial charge in [-0.05, 0) is 55.5 Å². The van der Waals surface area contributed by atoms with E-state index in [1.54, 1.807) is 24.3 Å². The van der Waals surface area contributed by atoms with E-state index >= 15 is 0 Å². The number of aromatic nitrogens is 4. The van der Waals surface area contributed by atoms with Crippen molar-refractivity contribution in [1.82, 2.24) is 25.5 Å². The van der Waals surface area contributed by atoms with Crippen LogP contribution < -0.4 is 5.32 Å². The third-order valence-electron chi connectivity index (χ3n) is 2.38. The zero-order valence-electron chi connectivity index (χ0n) is 12.1. The summed E-state index contributed by atoms with van der Waals surface area (Å²) in [7, 11) is 0. The molecule has 0 radical (unpaired) electrons. The summed E-state index contributed by atoms with van der Waals surface area (Å²) in [5.74, 6) is 0.328. The van der Waals surface area contributed by atoms with Crippen LogP contribution in [0.2, 0.25) is 0 Å². The number of nitrogens with one attached hydrogen (secondary N) is 1. The molecule has 0 unspecified atom stereocenters. The molecule has 0 aliphatic carbocycles. The Balaban J connectivity index is 2.04. The first-order chi connectivity index (χ1) is 9.85. The van der Waals surface area contributed by atoms with Crippen molar-refractivity contribution < 1.29 is 9.90 Å². The van der Waals surface area contributed by atoms with Crippen molar-refractivity contribution in [3.63, 3.8) is 0 Å². The molecule has 1 heterocycles. The summed E-state index contributed by atoms with van der Waals surface area (Å²) in [5.41, 5.74) is 0.456. The van der Waals surface area contributed by atoms with Crippen LogP contribution in [0.25, 0.3) is 5.69 Å². The zero-order chi connectivity index (χ0) is 15.5. The van der Waals surface area contributed by atoms with Crippen LogP contribution >= 0.6 is 11.8 Å². The molecule has 1 aromatic carbocycles. The number of phenolic OH excluding ortho intramolecular Hbond substituents is 1. The molecular weight excluding hydrogens is 290 g/mol. The number of nitrogens with zero attached hydrogens (tertiary/aromatic N) is 4. The van der Waals surface area contributed by atoms with E-state index in [-0.39, 0.29) is 22.9 Å². The Morgan fingerprint density at radius 2 is 2.00 bits per heavy atom. The standard InChI is InChI=1S/C13H17N5O2S/c1-13(2,3)14-11(20)8-21-12-15-16-17-18(12)9-4-6-10(19)7-5-9/h4-7,19H,8H2,1-3H3,(H,14,20). The van der Waals surface area contributed by atoms with Crippen LogP contribution in [0.5, 0.6) is 5.75 Å². The predicted octanol–water partition coefficient (Wildman–Crippen LogP) is 1.37. The molecule has 21 heavy (non-hydrogen) atoms. The molecule has 0 saturated carbocycles. The summed E-state index contributed by atoms with van der Waals surface area (Å²) in [6.07, 6.45) is 0. The van der Waals surface area contributed by atoms with E-state index in [1.807, 2.05) is 20.8 Å². The van der Waals surface area contributed by atoms with Crippen molar-refractivity contribution in [2.45, 2.75) is 31.5 Å². The number of carbonyl (C=O) groups excluding carboxylic acids is 1. The molecule has 2 rings (SSSR count). The average molecular weight is 307 g/mol. The van der Waals surface area contributed by atoms with Gasteiger partial charge < -0.3 is 10.4 Å². The fraction of sp³-hybridized carbons (Fsp3) is 0.385. The minimum Gasteiger partial charge on any atom is -0.508 e.